The molecule has 0 aromatic heterocycles. The van der Waals surface area contributed by atoms with Gasteiger partial charge in [-0.15, -0.1) is 0 Å². The van der Waals surface area contributed by atoms with Gasteiger partial charge in [0.05, 0.1) is 54.8 Å². The highest BCUT2D eigenvalue weighted by molar-refractivity contribution is 7.88. The van der Waals surface area contributed by atoms with E-state index in [1.54, 1.807) is 48.7 Å². The molecule has 322 valence electrons. The summed E-state index contributed by atoms with van der Waals surface area (Å²) in [6, 6.07) is -1.52. The van der Waals surface area contributed by atoms with Crippen LogP contribution in [0.25, 0.3) is 0 Å². The molecule has 4 saturated heterocycles. The first-order valence-electron chi connectivity index (χ1n) is 19.7. The molecule has 17 heteroatoms. The minimum atomic E-state index is -3.71. The van der Waals surface area contributed by atoms with Crippen molar-refractivity contribution in [3.63, 3.8) is 0 Å². The summed E-state index contributed by atoms with van der Waals surface area (Å²) in [5.74, 6) is -2.85. The van der Waals surface area contributed by atoms with Crippen LogP contribution in [0.15, 0.2) is 0 Å². The van der Waals surface area contributed by atoms with E-state index in [0.29, 0.717) is 13.2 Å². The number of aliphatic hydroxyl groups excluding tert-OH is 2. The van der Waals surface area contributed by atoms with Crippen molar-refractivity contribution in [3.05, 3.63) is 0 Å². The molecule has 0 aliphatic carbocycles. The summed E-state index contributed by atoms with van der Waals surface area (Å²) < 4.78 is 70.1. The summed E-state index contributed by atoms with van der Waals surface area (Å²) in [6.07, 6.45) is -7.55. The number of hydrogen-bond acceptors (Lipinski definition) is 15. The summed E-state index contributed by atoms with van der Waals surface area (Å²) in [4.78, 5) is 14.2. The van der Waals surface area contributed by atoms with E-state index in [4.69, 9.17) is 33.2 Å². The summed E-state index contributed by atoms with van der Waals surface area (Å²) >= 11 is 0. The second-order valence-corrected chi connectivity index (χ2v) is 19.6. The number of aliphatic hydroxyl groups is 4. The third-order valence-corrected chi connectivity index (χ3v) is 14.3. The quantitative estimate of drug-likeness (QED) is 0.173. The maximum absolute atomic E-state index is 14.2. The first kappa shape index (κ1) is 46.6. The normalized spacial score (nSPS) is 49.6. The third-order valence-electron chi connectivity index (χ3n) is 12.9. The molecule has 0 unspecified atom stereocenters. The van der Waals surface area contributed by atoms with Gasteiger partial charge in [-0.1, -0.05) is 20.8 Å². The molecule has 4 fully saturated rings. The van der Waals surface area contributed by atoms with E-state index in [9.17, 15) is 33.6 Å². The molecule has 55 heavy (non-hydrogen) atoms. The van der Waals surface area contributed by atoms with Crippen LogP contribution in [0, 0.1) is 17.8 Å². The maximum atomic E-state index is 14.2. The van der Waals surface area contributed by atoms with Crippen LogP contribution in [0.5, 0.6) is 0 Å². The maximum Gasteiger partial charge on any atom is 0.311 e. The Labute approximate surface area is 327 Å². The molecule has 4 aliphatic rings. The van der Waals surface area contributed by atoms with Crippen molar-refractivity contribution in [1.29, 1.82) is 0 Å². The number of ether oxygens (including phenoxy) is 7. The Morgan fingerprint density at radius 1 is 1.00 bits per heavy atom. The van der Waals surface area contributed by atoms with Gasteiger partial charge in [-0.3, -0.25) is 4.79 Å². The molecule has 16 nitrogen and oxygen atoms in total. The molecule has 0 bridgehead atoms. The highest BCUT2D eigenvalue weighted by atomic mass is 32.2. The number of carbonyl (C=O) groups is 1. The predicted octanol–water partition coefficient (Wildman–Crippen LogP) is 1.30. The lowest BCUT2D eigenvalue weighted by Gasteiger charge is -2.49. The summed E-state index contributed by atoms with van der Waals surface area (Å²) in [5, 5.41) is 50.4. The van der Waals surface area contributed by atoms with Crippen molar-refractivity contribution >= 4 is 16.0 Å². The number of cyclic esters (lactones) is 1. The number of hydrogen-bond donors (Lipinski definition) is 5. The summed E-state index contributed by atoms with van der Waals surface area (Å²) in [7, 11) is -0.722. The van der Waals surface area contributed by atoms with Crippen LogP contribution in [0.2, 0.25) is 0 Å². The largest absolute Gasteiger partial charge is 0.459 e. The summed E-state index contributed by atoms with van der Waals surface area (Å²) in [6.45, 7) is 18.1. The number of carbonyl (C=O) groups excluding carboxylic acids is 1. The number of methoxy groups -OCH3 is 1. The monoisotopic (exact) mass is 810 g/mol. The molecular weight excluding hydrogens is 740 g/mol. The minimum Gasteiger partial charge on any atom is -0.459 e. The highest BCUT2D eigenvalue weighted by Gasteiger charge is 2.67. The van der Waals surface area contributed by atoms with Gasteiger partial charge in [0.2, 0.25) is 10.0 Å². The average Bonchev–Trinajstić information content (AvgIpc) is 3.91. The number of nitrogens with zero attached hydrogens (tertiary/aromatic N) is 1. The SMILES string of the molecule is CC[C@H]1OC(=O)[C@H](C)[C@@H](O[C@H]2C[C@@](C)(OC)[C@]3(CO3)[C@H](C)O2)[C@H](C)[C@@H](O[C@@H]2O[C@H](C)C[C@H](N(C)S(C)(=O)=O)[C@H]2O)[C@](C)(O)C[C@@H](C)CN[C@H](C)[C@@H](O)[C@]1(C)O. The Hall–Kier alpha value is -1.06. The molecule has 0 saturated carbocycles. The van der Waals surface area contributed by atoms with E-state index in [2.05, 4.69) is 5.32 Å². The number of rotatable bonds is 8. The number of nitrogens with one attached hydrogen (secondary N) is 1. The van der Waals surface area contributed by atoms with Crippen molar-refractivity contribution in [2.45, 2.75) is 185 Å². The molecule has 18 atom stereocenters. The van der Waals surface area contributed by atoms with Gasteiger partial charge in [0.1, 0.15) is 35.1 Å². The fourth-order valence-electron chi connectivity index (χ4n) is 9.12. The Kier molecular flexibility index (Phi) is 14.6. The topological polar surface area (TPSA) is 215 Å². The number of likely N-dealkylation sites (N-methyl/N-ethyl adjacent to an activating group) is 1. The molecular formula is C38H70N2O14S. The van der Waals surface area contributed by atoms with Gasteiger partial charge in [0.25, 0.3) is 0 Å². The average molecular weight is 811 g/mol. The zero-order chi connectivity index (χ0) is 41.6. The summed E-state index contributed by atoms with van der Waals surface area (Å²) in [5.41, 5.74) is -4.97. The molecule has 5 N–H and O–H groups in total. The second-order valence-electron chi connectivity index (χ2n) is 17.6. The molecule has 0 amide bonds. The predicted molar refractivity (Wildman–Crippen MR) is 201 cm³/mol. The van der Waals surface area contributed by atoms with Crippen LogP contribution < -0.4 is 5.32 Å². The zero-order valence-electron chi connectivity index (χ0n) is 35.1. The first-order chi connectivity index (χ1) is 25.3. The highest BCUT2D eigenvalue weighted by Crippen LogP contribution is 2.51. The van der Waals surface area contributed by atoms with E-state index < -0.39 is 118 Å². The van der Waals surface area contributed by atoms with E-state index >= 15 is 0 Å². The van der Waals surface area contributed by atoms with Crippen LogP contribution in [0.1, 0.15) is 94.9 Å². The Morgan fingerprint density at radius 2 is 1.62 bits per heavy atom. The van der Waals surface area contributed by atoms with Gasteiger partial charge in [-0.05, 0) is 80.2 Å². The third kappa shape index (κ3) is 9.71. The van der Waals surface area contributed by atoms with Crippen LogP contribution >= 0.6 is 0 Å². The second kappa shape index (κ2) is 17.3. The lowest BCUT2D eigenvalue weighted by molar-refractivity contribution is -0.314. The van der Waals surface area contributed by atoms with Gasteiger partial charge in [-0.2, -0.15) is 4.31 Å². The molecule has 4 aliphatic heterocycles. The zero-order valence-corrected chi connectivity index (χ0v) is 35.9. The van der Waals surface area contributed by atoms with Gasteiger partial charge in [0.15, 0.2) is 12.6 Å². The fourth-order valence-corrected chi connectivity index (χ4v) is 9.82. The van der Waals surface area contributed by atoms with E-state index in [-0.39, 0.29) is 31.6 Å². The smallest absolute Gasteiger partial charge is 0.311 e. The minimum absolute atomic E-state index is 0.140. The van der Waals surface area contributed by atoms with Crippen molar-refractivity contribution in [2.24, 2.45) is 17.8 Å². The van der Waals surface area contributed by atoms with Crippen LogP contribution in [0.3, 0.4) is 0 Å². The molecule has 0 aromatic rings. The van der Waals surface area contributed by atoms with Gasteiger partial charge in [0, 0.05) is 32.5 Å². The van der Waals surface area contributed by atoms with Crippen molar-refractivity contribution in [1.82, 2.24) is 9.62 Å². The Morgan fingerprint density at radius 3 is 2.16 bits per heavy atom. The lowest BCUT2D eigenvalue weighted by atomic mass is 9.77. The molecule has 0 aromatic carbocycles. The first-order valence-corrected chi connectivity index (χ1v) is 21.6. The van der Waals surface area contributed by atoms with Crippen molar-refractivity contribution in [2.75, 3.05) is 33.6 Å². The van der Waals surface area contributed by atoms with Crippen LogP contribution in [-0.2, 0) is 48.0 Å². The van der Waals surface area contributed by atoms with E-state index in [0.717, 1.165) is 10.6 Å². The van der Waals surface area contributed by atoms with Gasteiger partial charge >= 0.3 is 5.97 Å². The van der Waals surface area contributed by atoms with Crippen molar-refractivity contribution < 1.29 is 66.8 Å². The Balaban J connectivity index is 1.81. The number of sulfonamides is 1. The molecule has 4 rings (SSSR count). The molecule has 4 heterocycles. The fraction of sp³-hybridized carbons (Fsp3) is 0.974. The van der Waals surface area contributed by atoms with Gasteiger partial charge < -0.3 is 58.9 Å². The van der Waals surface area contributed by atoms with Crippen molar-refractivity contribution in [3.8, 4) is 0 Å². The number of epoxide rings is 1. The van der Waals surface area contributed by atoms with Crippen LogP contribution in [0.4, 0.5) is 0 Å². The standard InChI is InChI=1S/C38H70N2O14S/c1-14-27-37(10,45)31(42)24(6)39-18-20(2)16-35(8,44)32(54-34-29(41)26(15-21(3)50-34)40(11)55(13,46)47)22(4)30(23(5)33(43)52-27)53-28-17-36(9,48-12)38(19-49-38)25(7)51-28/h20-32,34,39,41-42,44-45H,14-19H2,1-13H3/t20-,21-,22+,23-,24-,25+,26+,27-,28+,29-,30+,31-,32-,34+,35-,36-,37-,38+/m1/s1. The van der Waals surface area contributed by atoms with E-state index in [1.807, 2.05) is 20.8 Å². The lowest BCUT2D eigenvalue weighted by Crippen LogP contribution is -2.61. The van der Waals surface area contributed by atoms with Crippen LogP contribution in [-0.4, -0.2) is 162 Å². The molecule has 0 radical (unpaired) electrons. The number of esters is 1. The van der Waals surface area contributed by atoms with Gasteiger partial charge in [-0.25, -0.2) is 8.42 Å². The van der Waals surface area contributed by atoms with E-state index in [1.165, 1.54) is 14.0 Å². The Bertz CT molecular complexity index is 1410. The molecule has 1 spiro atoms.